The predicted molar refractivity (Wildman–Crippen MR) is 129 cm³/mol. The number of pyridine rings is 1. The maximum atomic E-state index is 4.83. The van der Waals surface area contributed by atoms with Crippen molar-refractivity contribution in [2.45, 2.75) is 76.0 Å². The van der Waals surface area contributed by atoms with E-state index in [1.165, 1.54) is 80.9 Å². The number of hydrogen-bond acceptors (Lipinski definition) is 1. The SMILES string of the molecule is C=CCC1CCC(c2ccc(-c3ccc(C4CCC(CC=C)CC4)cn3)cc2)CC1. The summed E-state index contributed by atoms with van der Waals surface area (Å²) in [5.74, 6) is 3.12. The van der Waals surface area contributed by atoms with E-state index in [1.54, 1.807) is 0 Å². The summed E-state index contributed by atoms with van der Waals surface area (Å²) in [7, 11) is 0. The molecule has 1 heteroatoms. The standard InChI is InChI=1S/C29H37N/c1-3-5-22-7-11-24(12-8-22)25-15-17-27(18-16-25)29-20-19-28(21-30-29)26-13-9-23(6-4-2)10-14-26/h3-4,15-24,26H,1-2,5-14H2. The van der Waals surface area contributed by atoms with Gasteiger partial charge >= 0.3 is 0 Å². The molecule has 1 nitrogen and oxygen atoms in total. The van der Waals surface area contributed by atoms with E-state index in [2.05, 4.69) is 67.9 Å². The molecule has 30 heavy (non-hydrogen) atoms. The van der Waals surface area contributed by atoms with Gasteiger partial charge in [-0.25, -0.2) is 0 Å². The Morgan fingerprint density at radius 1 is 0.667 bits per heavy atom. The summed E-state index contributed by atoms with van der Waals surface area (Å²) in [6.45, 7) is 7.80. The lowest BCUT2D eigenvalue weighted by atomic mass is 9.77. The Labute approximate surface area is 183 Å². The molecule has 158 valence electrons. The van der Waals surface area contributed by atoms with Crippen LogP contribution in [0.1, 0.15) is 87.2 Å². The van der Waals surface area contributed by atoms with Gasteiger partial charge in [0.1, 0.15) is 0 Å². The first-order valence-electron chi connectivity index (χ1n) is 12.0. The first-order valence-corrected chi connectivity index (χ1v) is 12.0. The average molecular weight is 400 g/mol. The highest BCUT2D eigenvalue weighted by Crippen LogP contribution is 2.39. The molecule has 0 unspecified atom stereocenters. The van der Waals surface area contributed by atoms with Crippen molar-refractivity contribution in [1.82, 2.24) is 4.98 Å². The molecule has 1 heterocycles. The van der Waals surface area contributed by atoms with E-state index < -0.39 is 0 Å². The molecule has 4 rings (SSSR count). The summed E-state index contributed by atoms with van der Waals surface area (Å²) < 4.78 is 0. The van der Waals surface area contributed by atoms with E-state index in [0.717, 1.165) is 23.4 Å². The monoisotopic (exact) mass is 399 g/mol. The molecule has 0 spiro atoms. The molecule has 0 saturated heterocycles. The minimum Gasteiger partial charge on any atom is -0.256 e. The fraction of sp³-hybridized carbons (Fsp3) is 0.483. The van der Waals surface area contributed by atoms with E-state index in [9.17, 15) is 0 Å². The number of allylic oxidation sites excluding steroid dienone is 2. The highest BCUT2D eigenvalue weighted by atomic mass is 14.7. The quantitative estimate of drug-likeness (QED) is 0.426. The van der Waals surface area contributed by atoms with Crippen molar-refractivity contribution in [1.29, 1.82) is 0 Å². The Balaban J connectivity index is 1.34. The molecule has 2 aliphatic carbocycles. The molecular formula is C29H37N. The summed E-state index contributed by atoms with van der Waals surface area (Å²) in [5.41, 5.74) is 5.26. The lowest BCUT2D eigenvalue weighted by Crippen LogP contribution is -2.13. The first-order chi connectivity index (χ1) is 14.8. The van der Waals surface area contributed by atoms with Gasteiger partial charge < -0.3 is 0 Å². The molecule has 1 aromatic heterocycles. The Morgan fingerprint density at radius 3 is 1.63 bits per heavy atom. The highest BCUT2D eigenvalue weighted by Gasteiger charge is 2.23. The number of aromatic nitrogens is 1. The second-order valence-corrected chi connectivity index (χ2v) is 9.58. The molecule has 2 fully saturated rings. The molecule has 0 N–H and O–H groups in total. The third-order valence-corrected chi connectivity index (χ3v) is 7.63. The van der Waals surface area contributed by atoms with Crippen LogP contribution in [0.3, 0.4) is 0 Å². The Bertz CT molecular complexity index is 729. The van der Waals surface area contributed by atoms with Crippen LogP contribution in [0.5, 0.6) is 0 Å². The normalized spacial score (nSPS) is 26.8. The summed E-state index contributed by atoms with van der Waals surface area (Å²) in [4.78, 5) is 4.83. The van der Waals surface area contributed by atoms with E-state index in [-0.39, 0.29) is 0 Å². The van der Waals surface area contributed by atoms with Crippen molar-refractivity contribution in [3.63, 3.8) is 0 Å². The van der Waals surface area contributed by atoms with Gasteiger partial charge in [-0.05, 0) is 105 Å². The van der Waals surface area contributed by atoms with Crippen molar-refractivity contribution in [3.8, 4) is 11.3 Å². The topological polar surface area (TPSA) is 12.9 Å². The van der Waals surface area contributed by atoms with Gasteiger partial charge in [-0.3, -0.25) is 4.98 Å². The molecule has 1 aromatic carbocycles. The zero-order chi connectivity index (χ0) is 20.8. The van der Waals surface area contributed by atoms with Crippen LogP contribution in [0.25, 0.3) is 11.3 Å². The smallest absolute Gasteiger partial charge is 0.0702 e. The van der Waals surface area contributed by atoms with Crippen LogP contribution in [0.2, 0.25) is 0 Å². The Kier molecular flexibility index (Phi) is 7.20. The van der Waals surface area contributed by atoms with Gasteiger partial charge in [-0.15, -0.1) is 13.2 Å². The van der Waals surface area contributed by atoms with E-state index in [4.69, 9.17) is 4.98 Å². The zero-order valence-electron chi connectivity index (χ0n) is 18.4. The summed E-state index contributed by atoms with van der Waals surface area (Å²) >= 11 is 0. The fourth-order valence-electron chi connectivity index (χ4n) is 5.68. The van der Waals surface area contributed by atoms with E-state index in [1.807, 2.05) is 0 Å². The number of hydrogen-bond donors (Lipinski definition) is 0. The van der Waals surface area contributed by atoms with E-state index >= 15 is 0 Å². The predicted octanol–water partition coefficient (Wildman–Crippen LogP) is 8.45. The molecule has 0 aliphatic heterocycles. The molecule has 0 atom stereocenters. The number of nitrogens with zero attached hydrogens (tertiary/aromatic N) is 1. The molecule has 2 aliphatic rings. The second kappa shape index (κ2) is 10.2. The lowest BCUT2D eigenvalue weighted by molar-refractivity contribution is 0.328. The minimum absolute atomic E-state index is 0.686. The summed E-state index contributed by atoms with van der Waals surface area (Å²) in [6.07, 6.45) is 19.2. The molecule has 2 saturated carbocycles. The molecule has 0 radical (unpaired) electrons. The van der Waals surface area contributed by atoms with Crippen molar-refractivity contribution in [2.75, 3.05) is 0 Å². The van der Waals surface area contributed by atoms with Crippen LogP contribution < -0.4 is 0 Å². The van der Waals surface area contributed by atoms with E-state index in [0.29, 0.717) is 5.92 Å². The third-order valence-electron chi connectivity index (χ3n) is 7.63. The van der Waals surface area contributed by atoms with Gasteiger partial charge in [0.2, 0.25) is 0 Å². The third kappa shape index (κ3) is 5.12. The number of benzene rings is 1. The van der Waals surface area contributed by atoms with Gasteiger partial charge in [0.25, 0.3) is 0 Å². The highest BCUT2D eigenvalue weighted by molar-refractivity contribution is 5.59. The molecule has 2 aromatic rings. The van der Waals surface area contributed by atoms with Crippen LogP contribution >= 0.6 is 0 Å². The van der Waals surface area contributed by atoms with Crippen molar-refractivity contribution in [2.24, 2.45) is 11.8 Å². The fourth-order valence-corrected chi connectivity index (χ4v) is 5.68. The largest absolute Gasteiger partial charge is 0.256 e. The van der Waals surface area contributed by atoms with Crippen LogP contribution in [0.4, 0.5) is 0 Å². The maximum absolute atomic E-state index is 4.83. The summed E-state index contributed by atoms with van der Waals surface area (Å²) in [5, 5.41) is 0. The summed E-state index contributed by atoms with van der Waals surface area (Å²) in [6, 6.07) is 13.8. The first kappa shape index (κ1) is 21.1. The van der Waals surface area contributed by atoms with Crippen LogP contribution in [-0.2, 0) is 0 Å². The van der Waals surface area contributed by atoms with Gasteiger partial charge in [0.15, 0.2) is 0 Å². The van der Waals surface area contributed by atoms with Crippen molar-refractivity contribution in [3.05, 3.63) is 79.0 Å². The molecule has 0 bridgehead atoms. The average Bonchev–Trinajstić information content (AvgIpc) is 2.81. The zero-order valence-corrected chi connectivity index (χ0v) is 18.4. The number of rotatable bonds is 7. The van der Waals surface area contributed by atoms with Crippen molar-refractivity contribution >= 4 is 0 Å². The lowest BCUT2D eigenvalue weighted by Gasteiger charge is -2.28. The van der Waals surface area contributed by atoms with Crippen LogP contribution in [0.15, 0.2) is 67.9 Å². The maximum Gasteiger partial charge on any atom is 0.0702 e. The van der Waals surface area contributed by atoms with Crippen LogP contribution in [-0.4, -0.2) is 4.98 Å². The second-order valence-electron chi connectivity index (χ2n) is 9.58. The minimum atomic E-state index is 0.686. The van der Waals surface area contributed by atoms with Crippen molar-refractivity contribution < 1.29 is 0 Å². The van der Waals surface area contributed by atoms with Gasteiger partial charge in [0, 0.05) is 11.8 Å². The van der Waals surface area contributed by atoms with Gasteiger partial charge in [0.05, 0.1) is 5.69 Å². The Morgan fingerprint density at radius 2 is 1.17 bits per heavy atom. The van der Waals surface area contributed by atoms with Crippen LogP contribution in [0, 0.1) is 11.8 Å². The Hall–Kier alpha value is -2.15. The van der Waals surface area contributed by atoms with Gasteiger partial charge in [-0.2, -0.15) is 0 Å². The molecular weight excluding hydrogens is 362 g/mol. The van der Waals surface area contributed by atoms with Gasteiger partial charge in [-0.1, -0.05) is 42.5 Å². The molecule has 0 amide bonds.